The Bertz CT molecular complexity index is 1420. The SMILES string of the molecule is O=C(NC(=S)Nc1ccc(O)cc1)c1cn(CCO)c2c(cc(O)c3ncccc32)c1=O. The summed E-state index contributed by atoms with van der Waals surface area (Å²) in [6.45, 7) is -0.121. The Hall–Kier alpha value is -4.02. The maximum Gasteiger partial charge on any atom is 0.262 e. The van der Waals surface area contributed by atoms with Crippen LogP contribution >= 0.6 is 12.2 Å². The highest BCUT2D eigenvalue weighted by molar-refractivity contribution is 7.80. The number of aromatic nitrogens is 2. The molecule has 0 aliphatic rings. The van der Waals surface area contributed by atoms with E-state index < -0.39 is 11.3 Å². The van der Waals surface area contributed by atoms with Gasteiger partial charge in [-0.05, 0) is 54.7 Å². The average molecular weight is 450 g/mol. The Balaban J connectivity index is 1.75. The van der Waals surface area contributed by atoms with Crippen LogP contribution < -0.4 is 16.1 Å². The van der Waals surface area contributed by atoms with Gasteiger partial charge in [0.05, 0.1) is 17.5 Å². The molecule has 0 spiro atoms. The lowest BCUT2D eigenvalue weighted by Gasteiger charge is -2.15. The molecule has 4 rings (SSSR count). The molecule has 2 aromatic heterocycles. The van der Waals surface area contributed by atoms with Gasteiger partial charge in [0, 0.05) is 30.0 Å². The van der Waals surface area contributed by atoms with Crippen molar-refractivity contribution < 1.29 is 20.1 Å². The number of amides is 1. The van der Waals surface area contributed by atoms with Crippen LogP contribution in [0.5, 0.6) is 11.5 Å². The van der Waals surface area contributed by atoms with E-state index in [1.165, 1.54) is 30.6 Å². The summed E-state index contributed by atoms with van der Waals surface area (Å²) in [4.78, 5) is 30.1. The minimum atomic E-state index is -0.745. The molecule has 0 atom stereocenters. The molecule has 1 amide bonds. The van der Waals surface area contributed by atoms with Gasteiger partial charge in [-0.25, -0.2) is 0 Å². The zero-order valence-corrected chi connectivity index (χ0v) is 17.4. The number of aliphatic hydroxyl groups excluding tert-OH is 1. The van der Waals surface area contributed by atoms with Crippen molar-refractivity contribution in [3.8, 4) is 11.5 Å². The first-order valence-electron chi connectivity index (χ1n) is 9.55. The molecule has 0 unspecified atom stereocenters. The number of benzene rings is 2. The van der Waals surface area contributed by atoms with Crippen molar-refractivity contribution in [3.63, 3.8) is 0 Å². The second-order valence-electron chi connectivity index (χ2n) is 6.94. The van der Waals surface area contributed by atoms with Gasteiger partial charge in [-0.3, -0.25) is 19.9 Å². The van der Waals surface area contributed by atoms with E-state index in [1.807, 2.05) is 0 Å². The Morgan fingerprint density at radius 3 is 2.59 bits per heavy atom. The van der Waals surface area contributed by atoms with E-state index in [0.717, 1.165) is 0 Å². The molecule has 4 aromatic rings. The zero-order valence-electron chi connectivity index (χ0n) is 16.6. The second-order valence-corrected chi connectivity index (χ2v) is 7.34. The number of anilines is 1. The fourth-order valence-corrected chi connectivity index (χ4v) is 3.66. The van der Waals surface area contributed by atoms with Crippen LogP contribution in [0.4, 0.5) is 5.69 Å². The highest BCUT2D eigenvalue weighted by Gasteiger charge is 2.19. The maximum atomic E-state index is 13.1. The van der Waals surface area contributed by atoms with Gasteiger partial charge in [-0.15, -0.1) is 0 Å². The summed E-state index contributed by atoms with van der Waals surface area (Å²) in [7, 11) is 0. The summed E-state index contributed by atoms with van der Waals surface area (Å²) in [6.07, 6.45) is 2.87. The molecular formula is C22H18N4O5S. The summed E-state index contributed by atoms with van der Waals surface area (Å²) in [6, 6.07) is 10.7. The number of hydrogen-bond donors (Lipinski definition) is 5. The molecule has 0 saturated heterocycles. The van der Waals surface area contributed by atoms with Gasteiger partial charge in [0.15, 0.2) is 5.11 Å². The van der Waals surface area contributed by atoms with E-state index in [-0.39, 0.29) is 40.7 Å². The number of phenols is 2. The van der Waals surface area contributed by atoms with Crippen molar-refractivity contribution in [1.82, 2.24) is 14.9 Å². The number of hydrogen-bond acceptors (Lipinski definition) is 7. The van der Waals surface area contributed by atoms with Gasteiger partial charge in [0.1, 0.15) is 22.6 Å². The van der Waals surface area contributed by atoms with Crippen LogP contribution in [0, 0.1) is 0 Å². The fourth-order valence-electron chi connectivity index (χ4n) is 3.45. The number of nitrogens with one attached hydrogen (secondary N) is 2. The Morgan fingerprint density at radius 1 is 1.12 bits per heavy atom. The summed E-state index contributed by atoms with van der Waals surface area (Å²) in [5.41, 5.74) is 0.491. The van der Waals surface area contributed by atoms with Gasteiger partial charge in [0.25, 0.3) is 5.91 Å². The van der Waals surface area contributed by atoms with Crippen molar-refractivity contribution in [2.24, 2.45) is 0 Å². The molecular weight excluding hydrogens is 432 g/mol. The normalized spacial score (nSPS) is 10.9. The first-order chi connectivity index (χ1) is 15.4. The molecule has 5 N–H and O–H groups in total. The van der Waals surface area contributed by atoms with Crippen LogP contribution in [-0.4, -0.2) is 42.5 Å². The highest BCUT2D eigenvalue weighted by atomic mass is 32.1. The molecule has 0 aliphatic heterocycles. The molecule has 0 fully saturated rings. The summed E-state index contributed by atoms with van der Waals surface area (Å²) < 4.78 is 1.57. The number of thiocarbonyl (C=S) groups is 1. The highest BCUT2D eigenvalue weighted by Crippen LogP contribution is 2.30. The zero-order chi connectivity index (χ0) is 22.8. The van der Waals surface area contributed by atoms with Crippen LogP contribution in [0.1, 0.15) is 10.4 Å². The van der Waals surface area contributed by atoms with E-state index in [0.29, 0.717) is 22.1 Å². The number of rotatable bonds is 4. The molecule has 0 bridgehead atoms. The third kappa shape index (κ3) is 3.96. The monoisotopic (exact) mass is 450 g/mol. The van der Waals surface area contributed by atoms with Crippen LogP contribution in [0.2, 0.25) is 0 Å². The van der Waals surface area contributed by atoms with E-state index in [4.69, 9.17) is 12.2 Å². The molecule has 2 aromatic carbocycles. The average Bonchev–Trinajstić information content (AvgIpc) is 2.77. The number of carbonyl (C=O) groups is 1. The third-order valence-corrected chi connectivity index (χ3v) is 5.04. The van der Waals surface area contributed by atoms with Crippen molar-refractivity contribution in [2.75, 3.05) is 11.9 Å². The lowest BCUT2D eigenvalue weighted by Crippen LogP contribution is -2.37. The largest absolute Gasteiger partial charge is 0.508 e. The van der Waals surface area contributed by atoms with Crippen LogP contribution in [0.3, 0.4) is 0 Å². The number of aromatic hydroxyl groups is 2. The summed E-state index contributed by atoms with van der Waals surface area (Å²) >= 11 is 5.15. The molecule has 32 heavy (non-hydrogen) atoms. The standard InChI is InChI=1S/C22H18N4O5S/c27-9-8-26-11-16(21(31)25-22(32)24-12-3-5-13(28)6-4-12)20(30)15-10-17(29)18-14(19(15)26)2-1-7-23-18/h1-7,10-11,27-29H,8-9H2,(H2,24,25,31,32). The molecule has 0 saturated carbocycles. The lowest BCUT2D eigenvalue weighted by molar-refractivity contribution is 0.0976. The Kier molecular flexibility index (Phi) is 5.71. The predicted octanol–water partition coefficient (Wildman–Crippen LogP) is 2.08. The Labute approximate surface area is 186 Å². The number of phenolic OH excluding ortho intramolecular Hbond substituents is 2. The smallest absolute Gasteiger partial charge is 0.262 e. The fraction of sp³-hybridized carbons (Fsp3) is 0.0909. The Morgan fingerprint density at radius 2 is 1.88 bits per heavy atom. The first-order valence-corrected chi connectivity index (χ1v) is 9.96. The van der Waals surface area contributed by atoms with E-state index >= 15 is 0 Å². The number of nitrogens with zero attached hydrogens (tertiary/aromatic N) is 2. The van der Waals surface area contributed by atoms with Gasteiger partial charge in [-0.1, -0.05) is 0 Å². The maximum absolute atomic E-state index is 13.1. The minimum absolute atomic E-state index is 0.0422. The van der Waals surface area contributed by atoms with Gasteiger partial charge < -0.3 is 25.2 Å². The van der Waals surface area contributed by atoms with Crippen LogP contribution in [0.15, 0.2) is 59.7 Å². The van der Waals surface area contributed by atoms with Crippen molar-refractivity contribution in [1.29, 1.82) is 0 Å². The number of aliphatic hydroxyl groups is 1. The van der Waals surface area contributed by atoms with Crippen molar-refractivity contribution in [3.05, 3.63) is 70.6 Å². The predicted molar refractivity (Wildman–Crippen MR) is 124 cm³/mol. The number of carbonyl (C=O) groups excluding carboxylic acids is 1. The van der Waals surface area contributed by atoms with Crippen molar-refractivity contribution in [2.45, 2.75) is 6.54 Å². The lowest BCUT2D eigenvalue weighted by atomic mass is 10.1. The molecule has 9 nitrogen and oxygen atoms in total. The number of fused-ring (bicyclic) bond motifs is 3. The second kappa shape index (κ2) is 8.61. The minimum Gasteiger partial charge on any atom is -0.508 e. The molecule has 10 heteroatoms. The molecule has 2 heterocycles. The van der Waals surface area contributed by atoms with Crippen LogP contribution in [-0.2, 0) is 6.54 Å². The quantitative estimate of drug-likeness (QED) is 0.181. The van der Waals surface area contributed by atoms with E-state index in [2.05, 4.69) is 15.6 Å². The van der Waals surface area contributed by atoms with Gasteiger partial charge >= 0.3 is 0 Å². The van der Waals surface area contributed by atoms with E-state index in [1.54, 1.807) is 28.8 Å². The number of pyridine rings is 2. The van der Waals surface area contributed by atoms with Gasteiger partial charge in [0.2, 0.25) is 5.43 Å². The van der Waals surface area contributed by atoms with Crippen LogP contribution in [0.25, 0.3) is 21.8 Å². The molecule has 0 radical (unpaired) electrons. The van der Waals surface area contributed by atoms with E-state index in [9.17, 15) is 24.9 Å². The summed E-state index contributed by atoms with van der Waals surface area (Å²) in [5.74, 6) is -0.856. The summed E-state index contributed by atoms with van der Waals surface area (Å²) in [5, 5.41) is 35.1. The van der Waals surface area contributed by atoms with Gasteiger partial charge in [-0.2, -0.15) is 0 Å². The first kappa shape index (κ1) is 21.2. The molecule has 0 aliphatic carbocycles. The third-order valence-electron chi connectivity index (χ3n) is 4.84. The topological polar surface area (TPSA) is 137 Å². The van der Waals surface area contributed by atoms with Crippen molar-refractivity contribution >= 4 is 50.7 Å². The molecule has 162 valence electrons.